The van der Waals surface area contributed by atoms with Gasteiger partial charge in [-0.25, -0.2) is 0 Å². The summed E-state index contributed by atoms with van der Waals surface area (Å²) >= 11 is 0. The zero-order chi connectivity index (χ0) is 13.6. The fraction of sp³-hybridized carbons (Fsp3) is 0.857. The molecule has 1 saturated carbocycles. The molecule has 19 heavy (non-hydrogen) atoms. The molecule has 2 heterocycles. The van der Waals surface area contributed by atoms with Gasteiger partial charge in [0.1, 0.15) is 0 Å². The van der Waals surface area contributed by atoms with Crippen molar-refractivity contribution in [1.82, 2.24) is 9.80 Å². The van der Waals surface area contributed by atoms with Crippen LogP contribution in [-0.2, 0) is 9.59 Å². The molecular weight excluding hydrogens is 244 g/mol. The lowest BCUT2D eigenvalue weighted by molar-refractivity contribution is -0.144. The van der Waals surface area contributed by atoms with Gasteiger partial charge in [0.15, 0.2) is 0 Å². The molecule has 0 atom stereocenters. The maximum absolute atomic E-state index is 12.2. The maximum Gasteiger partial charge on any atom is 0.225 e. The van der Waals surface area contributed by atoms with E-state index in [1.54, 1.807) is 0 Å². The van der Waals surface area contributed by atoms with E-state index >= 15 is 0 Å². The van der Waals surface area contributed by atoms with Crippen LogP contribution in [0.3, 0.4) is 0 Å². The third kappa shape index (κ3) is 2.24. The van der Waals surface area contributed by atoms with Crippen LogP contribution in [0.4, 0.5) is 0 Å². The average Bonchev–Trinajstić information content (AvgIpc) is 2.61. The zero-order valence-electron chi connectivity index (χ0n) is 11.5. The van der Waals surface area contributed by atoms with Gasteiger partial charge in [0.05, 0.1) is 6.10 Å². The van der Waals surface area contributed by atoms with Crippen molar-refractivity contribution in [1.29, 1.82) is 0 Å². The quantitative estimate of drug-likeness (QED) is 0.739. The molecule has 3 aliphatic rings. The van der Waals surface area contributed by atoms with Crippen molar-refractivity contribution >= 4 is 11.8 Å². The van der Waals surface area contributed by atoms with Crippen molar-refractivity contribution in [2.45, 2.75) is 38.2 Å². The highest BCUT2D eigenvalue weighted by molar-refractivity contribution is 5.81. The molecule has 1 N–H and O–H groups in total. The van der Waals surface area contributed by atoms with Crippen molar-refractivity contribution in [3.05, 3.63) is 0 Å². The van der Waals surface area contributed by atoms with Crippen molar-refractivity contribution in [3.63, 3.8) is 0 Å². The number of nitrogens with zero attached hydrogens (tertiary/aromatic N) is 2. The third-order valence-electron chi connectivity index (χ3n) is 5.12. The molecule has 3 fully saturated rings. The van der Waals surface area contributed by atoms with Crippen LogP contribution in [0.1, 0.15) is 32.1 Å². The molecule has 0 aromatic rings. The summed E-state index contributed by atoms with van der Waals surface area (Å²) in [5.74, 6) is 0.483. The molecular formula is C14H22N2O3. The smallest absolute Gasteiger partial charge is 0.225 e. The first-order valence-electron chi connectivity index (χ1n) is 7.20. The van der Waals surface area contributed by atoms with E-state index in [4.69, 9.17) is 0 Å². The summed E-state index contributed by atoms with van der Waals surface area (Å²) in [6.07, 6.45) is 3.50. The minimum atomic E-state index is -0.272. The minimum absolute atomic E-state index is 0.0388. The van der Waals surface area contributed by atoms with Gasteiger partial charge in [-0.2, -0.15) is 0 Å². The van der Waals surface area contributed by atoms with Gasteiger partial charge >= 0.3 is 0 Å². The average molecular weight is 266 g/mol. The number of hydrogen-bond acceptors (Lipinski definition) is 3. The fourth-order valence-corrected chi connectivity index (χ4v) is 3.69. The zero-order valence-corrected chi connectivity index (χ0v) is 11.5. The van der Waals surface area contributed by atoms with E-state index in [0.29, 0.717) is 19.3 Å². The van der Waals surface area contributed by atoms with E-state index in [1.165, 1.54) is 0 Å². The van der Waals surface area contributed by atoms with Crippen LogP contribution in [0.15, 0.2) is 0 Å². The molecule has 2 saturated heterocycles. The van der Waals surface area contributed by atoms with Crippen LogP contribution in [0.5, 0.6) is 0 Å². The van der Waals surface area contributed by atoms with Gasteiger partial charge in [0, 0.05) is 44.4 Å². The molecule has 2 aliphatic heterocycles. The minimum Gasteiger partial charge on any atom is -0.393 e. The SMILES string of the molecule is CN1CC2(CCN(C(=O)C3CC(O)C3)CC2)CC1=O. The second-order valence-electron chi connectivity index (χ2n) is 6.57. The lowest BCUT2D eigenvalue weighted by Gasteiger charge is -2.42. The van der Waals surface area contributed by atoms with Crippen LogP contribution in [0.25, 0.3) is 0 Å². The van der Waals surface area contributed by atoms with Crippen molar-refractivity contribution < 1.29 is 14.7 Å². The molecule has 2 amide bonds. The van der Waals surface area contributed by atoms with E-state index in [0.717, 1.165) is 32.5 Å². The Kier molecular flexibility index (Phi) is 3.04. The highest BCUT2D eigenvalue weighted by atomic mass is 16.3. The number of aliphatic hydroxyl groups excluding tert-OH is 1. The lowest BCUT2D eigenvalue weighted by atomic mass is 9.76. The number of amides is 2. The van der Waals surface area contributed by atoms with Crippen molar-refractivity contribution in [3.8, 4) is 0 Å². The molecule has 5 heteroatoms. The van der Waals surface area contributed by atoms with Gasteiger partial charge < -0.3 is 14.9 Å². The Balaban J connectivity index is 1.55. The first-order chi connectivity index (χ1) is 8.99. The Labute approximate surface area is 113 Å². The molecule has 0 bridgehead atoms. The number of aliphatic hydroxyl groups is 1. The molecule has 0 unspecified atom stereocenters. The van der Waals surface area contributed by atoms with E-state index < -0.39 is 0 Å². The van der Waals surface area contributed by atoms with Gasteiger partial charge in [-0.05, 0) is 25.7 Å². The van der Waals surface area contributed by atoms with E-state index in [2.05, 4.69) is 0 Å². The number of piperidine rings is 1. The van der Waals surface area contributed by atoms with Gasteiger partial charge in [-0.15, -0.1) is 0 Å². The number of hydrogen-bond donors (Lipinski definition) is 1. The summed E-state index contributed by atoms with van der Waals surface area (Å²) in [6, 6.07) is 0. The van der Waals surface area contributed by atoms with Crippen LogP contribution in [0.2, 0.25) is 0 Å². The summed E-state index contributed by atoms with van der Waals surface area (Å²) in [4.78, 5) is 27.6. The Hall–Kier alpha value is -1.10. The Morgan fingerprint density at radius 1 is 1.32 bits per heavy atom. The first-order valence-corrected chi connectivity index (χ1v) is 7.20. The summed E-state index contributed by atoms with van der Waals surface area (Å²) in [6.45, 7) is 2.38. The maximum atomic E-state index is 12.2. The van der Waals surface area contributed by atoms with E-state index in [9.17, 15) is 14.7 Å². The molecule has 0 aromatic heterocycles. The number of rotatable bonds is 1. The highest BCUT2D eigenvalue weighted by Gasteiger charge is 2.45. The van der Waals surface area contributed by atoms with Gasteiger partial charge in [0.25, 0.3) is 0 Å². The number of carbonyl (C=O) groups is 2. The largest absolute Gasteiger partial charge is 0.393 e. The molecule has 0 radical (unpaired) electrons. The molecule has 1 aliphatic carbocycles. The second-order valence-corrected chi connectivity index (χ2v) is 6.57. The monoisotopic (exact) mass is 266 g/mol. The lowest BCUT2D eigenvalue weighted by Crippen LogP contribution is -2.49. The highest BCUT2D eigenvalue weighted by Crippen LogP contribution is 2.41. The van der Waals surface area contributed by atoms with E-state index in [-0.39, 0.29) is 29.3 Å². The number of carbonyl (C=O) groups excluding carboxylic acids is 2. The van der Waals surface area contributed by atoms with Crippen molar-refractivity contribution in [2.24, 2.45) is 11.3 Å². The third-order valence-corrected chi connectivity index (χ3v) is 5.12. The fourth-order valence-electron chi connectivity index (χ4n) is 3.69. The van der Waals surface area contributed by atoms with Crippen LogP contribution < -0.4 is 0 Å². The Morgan fingerprint density at radius 2 is 1.95 bits per heavy atom. The molecule has 106 valence electrons. The Bertz CT molecular complexity index is 395. The molecule has 3 rings (SSSR count). The predicted molar refractivity (Wildman–Crippen MR) is 69.2 cm³/mol. The predicted octanol–water partition coefficient (Wildman–Crippen LogP) is 0.228. The summed E-state index contributed by atoms with van der Waals surface area (Å²) in [5.41, 5.74) is 0.113. The van der Waals surface area contributed by atoms with Crippen LogP contribution >= 0.6 is 0 Å². The van der Waals surface area contributed by atoms with Crippen LogP contribution in [0, 0.1) is 11.3 Å². The second kappa shape index (κ2) is 4.47. The first kappa shape index (κ1) is 12.9. The van der Waals surface area contributed by atoms with Crippen molar-refractivity contribution in [2.75, 3.05) is 26.7 Å². The number of likely N-dealkylation sites (tertiary alicyclic amines) is 2. The van der Waals surface area contributed by atoms with Gasteiger partial charge in [0.2, 0.25) is 11.8 Å². The topological polar surface area (TPSA) is 60.9 Å². The van der Waals surface area contributed by atoms with Gasteiger partial charge in [-0.1, -0.05) is 0 Å². The normalized spacial score (nSPS) is 33.7. The summed E-state index contributed by atoms with van der Waals surface area (Å²) < 4.78 is 0. The van der Waals surface area contributed by atoms with E-state index in [1.807, 2.05) is 16.8 Å². The molecule has 1 spiro atoms. The van der Waals surface area contributed by atoms with Gasteiger partial charge in [-0.3, -0.25) is 9.59 Å². The van der Waals surface area contributed by atoms with Crippen LogP contribution in [-0.4, -0.2) is 59.5 Å². The summed E-state index contributed by atoms with van der Waals surface area (Å²) in [5, 5.41) is 9.28. The molecule has 0 aromatic carbocycles. The standard InChI is InChI=1S/C14H22N2O3/c1-15-9-14(8-12(15)18)2-4-16(5-3-14)13(19)10-6-11(17)7-10/h10-11,17H,2-9H2,1H3. The molecule has 5 nitrogen and oxygen atoms in total. The summed E-state index contributed by atoms with van der Waals surface area (Å²) in [7, 11) is 1.87. The Morgan fingerprint density at radius 3 is 2.42 bits per heavy atom.